The smallest absolute Gasteiger partial charge is 0.257 e. The van der Waals surface area contributed by atoms with E-state index in [0.29, 0.717) is 11.0 Å². The highest BCUT2D eigenvalue weighted by Gasteiger charge is 2.28. The van der Waals surface area contributed by atoms with Crippen LogP contribution in [-0.4, -0.2) is 42.9 Å². The molecule has 1 heterocycles. The Labute approximate surface area is 138 Å². The van der Waals surface area contributed by atoms with E-state index in [0.717, 1.165) is 22.2 Å². The van der Waals surface area contributed by atoms with Gasteiger partial charge in [-0.2, -0.15) is 0 Å². The minimum absolute atomic E-state index is 0.0751. The molecule has 0 unspecified atom stereocenters. The van der Waals surface area contributed by atoms with Gasteiger partial charge in [0.25, 0.3) is 5.91 Å². The number of anilines is 1. The first kappa shape index (κ1) is 16.0. The zero-order valence-corrected chi connectivity index (χ0v) is 14.3. The van der Waals surface area contributed by atoms with Gasteiger partial charge in [-0.15, -0.1) is 10.2 Å². The second-order valence-electron chi connectivity index (χ2n) is 5.49. The molecule has 23 heavy (non-hydrogen) atoms. The largest absolute Gasteiger partial charge is 0.296 e. The van der Waals surface area contributed by atoms with Crippen LogP contribution in [0.25, 0.3) is 0 Å². The predicted molar refractivity (Wildman–Crippen MR) is 87.2 cm³/mol. The Morgan fingerprint density at radius 1 is 1.30 bits per heavy atom. The number of carbonyl (C=O) groups is 1. The molecule has 3 rings (SSSR count). The lowest BCUT2D eigenvalue weighted by Crippen LogP contribution is -2.22. The van der Waals surface area contributed by atoms with Crippen LogP contribution in [-0.2, 0) is 10.0 Å². The van der Waals surface area contributed by atoms with E-state index in [1.807, 2.05) is 0 Å². The van der Waals surface area contributed by atoms with Crippen LogP contribution in [0.3, 0.4) is 0 Å². The first-order chi connectivity index (χ1) is 10.9. The van der Waals surface area contributed by atoms with Gasteiger partial charge in [-0.05, 0) is 31.0 Å². The molecule has 1 aliphatic rings. The summed E-state index contributed by atoms with van der Waals surface area (Å²) in [5, 5.41) is 12.0. The van der Waals surface area contributed by atoms with Gasteiger partial charge in [-0.1, -0.05) is 17.4 Å². The van der Waals surface area contributed by atoms with Gasteiger partial charge in [0.05, 0.1) is 4.90 Å². The van der Waals surface area contributed by atoms with Crippen LogP contribution in [0.4, 0.5) is 5.13 Å². The number of amides is 1. The van der Waals surface area contributed by atoms with E-state index in [2.05, 4.69) is 15.5 Å². The van der Waals surface area contributed by atoms with Crippen LogP contribution < -0.4 is 5.32 Å². The number of hydrogen-bond donors (Lipinski definition) is 1. The lowest BCUT2D eigenvalue weighted by atomic mass is 10.2. The van der Waals surface area contributed by atoms with Crippen molar-refractivity contribution in [3.63, 3.8) is 0 Å². The molecule has 9 heteroatoms. The highest BCUT2D eigenvalue weighted by molar-refractivity contribution is 7.89. The normalized spacial score (nSPS) is 14.9. The van der Waals surface area contributed by atoms with Gasteiger partial charge >= 0.3 is 0 Å². The van der Waals surface area contributed by atoms with Crippen molar-refractivity contribution in [2.75, 3.05) is 19.4 Å². The van der Waals surface area contributed by atoms with E-state index >= 15 is 0 Å². The number of carbonyl (C=O) groups excluding carboxylic acids is 1. The third-order valence-corrected chi connectivity index (χ3v) is 6.27. The minimum atomic E-state index is -3.58. The van der Waals surface area contributed by atoms with Gasteiger partial charge in [-0.25, -0.2) is 12.7 Å². The molecule has 1 aliphatic carbocycles. The summed E-state index contributed by atoms with van der Waals surface area (Å²) in [5.74, 6) is 0.0750. The Balaban J connectivity index is 1.79. The minimum Gasteiger partial charge on any atom is -0.296 e. The summed E-state index contributed by atoms with van der Waals surface area (Å²) in [4.78, 5) is 12.4. The van der Waals surface area contributed by atoms with Crippen molar-refractivity contribution >= 4 is 32.4 Å². The van der Waals surface area contributed by atoms with E-state index in [9.17, 15) is 13.2 Å². The van der Waals surface area contributed by atoms with Crippen molar-refractivity contribution in [1.82, 2.24) is 14.5 Å². The maximum absolute atomic E-state index is 12.3. The van der Waals surface area contributed by atoms with Crippen LogP contribution in [0, 0.1) is 0 Å². The van der Waals surface area contributed by atoms with Crippen molar-refractivity contribution in [3.05, 3.63) is 34.8 Å². The number of aromatic nitrogens is 2. The Kier molecular flexibility index (Phi) is 4.17. The predicted octanol–water partition coefficient (Wildman–Crippen LogP) is 1.92. The molecular formula is C14H16N4O3S2. The van der Waals surface area contributed by atoms with Gasteiger partial charge in [0.15, 0.2) is 0 Å². The highest BCUT2D eigenvalue weighted by atomic mass is 32.2. The van der Waals surface area contributed by atoms with Gasteiger partial charge < -0.3 is 0 Å². The molecule has 7 nitrogen and oxygen atoms in total. The second kappa shape index (κ2) is 5.99. The molecule has 0 saturated heterocycles. The van der Waals surface area contributed by atoms with Crippen molar-refractivity contribution in [3.8, 4) is 0 Å². The van der Waals surface area contributed by atoms with E-state index in [4.69, 9.17) is 0 Å². The number of nitrogens with one attached hydrogen (secondary N) is 1. The maximum Gasteiger partial charge on any atom is 0.257 e. The van der Waals surface area contributed by atoms with Crippen LogP contribution in [0.2, 0.25) is 0 Å². The Morgan fingerprint density at radius 3 is 2.70 bits per heavy atom. The van der Waals surface area contributed by atoms with Gasteiger partial charge in [0, 0.05) is 25.6 Å². The third kappa shape index (κ3) is 3.41. The average molecular weight is 352 g/mol. The van der Waals surface area contributed by atoms with Crippen molar-refractivity contribution in [2.45, 2.75) is 23.7 Å². The van der Waals surface area contributed by atoms with Gasteiger partial charge in [0.2, 0.25) is 15.2 Å². The zero-order chi connectivity index (χ0) is 16.6. The summed E-state index contributed by atoms with van der Waals surface area (Å²) in [6.45, 7) is 0. The molecule has 1 saturated carbocycles. The van der Waals surface area contributed by atoms with Gasteiger partial charge in [0.1, 0.15) is 5.01 Å². The first-order valence-electron chi connectivity index (χ1n) is 7.05. The fourth-order valence-corrected chi connectivity index (χ4v) is 3.81. The quantitative estimate of drug-likeness (QED) is 0.887. The molecule has 0 atom stereocenters. The van der Waals surface area contributed by atoms with E-state index < -0.39 is 15.9 Å². The molecule has 0 bridgehead atoms. The van der Waals surface area contributed by atoms with E-state index in [-0.39, 0.29) is 10.5 Å². The van der Waals surface area contributed by atoms with E-state index in [1.165, 1.54) is 37.6 Å². The van der Waals surface area contributed by atoms with Crippen LogP contribution in [0.5, 0.6) is 0 Å². The first-order valence-corrected chi connectivity index (χ1v) is 9.31. The van der Waals surface area contributed by atoms with Crippen LogP contribution >= 0.6 is 11.3 Å². The van der Waals surface area contributed by atoms with Crippen molar-refractivity contribution < 1.29 is 13.2 Å². The molecule has 0 spiro atoms. The van der Waals surface area contributed by atoms with Gasteiger partial charge in [-0.3, -0.25) is 10.1 Å². The monoisotopic (exact) mass is 352 g/mol. The molecule has 1 fully saturated rings. The average Bonchev–Trinajstić information content (AvgIpc) is 3.27. The number of benzene rings is 1. The number of sulfonamides is 1. The standard InChI is InChI=1S/C14H16N4O3S2/c1-18(2)23(20,21)11-5-3-4-10(8-11)12(19)15-14-17-16-13(22-14)9-6-7-9/h3-5,8-9H,6-7H2,1-2H3,(H,15,17,19). The molecule has 122 valence electrons. The topological polar surface area (TPSA) is 92.3 Å². The summed E-state index contributed by atoms with van der Waals surface area (Å²) in [6.07, 6.45) is 2.24. The highest BCUT2D eigenvalue weighted by Crippen LogP contribution is 2.42. The molecule has 1 aromatic carbocycles. The molecule has 2 aromatic rings. The third-order valence-electron chi connectivity index (χ3n) is 3.46. The summed E-state index contributed by atoms with van der Waals surface area (Å²) >= 11 is 1.36. The summed E-state index contributed by atoms with van der Waals surface area (Å²) < 4.78 is 25.4. The number of hydrogen-bond acceptors (Lipinski definition) is 6. The fourth-order valence-electron chi connectivity index (χ4n) is 1.96. The SMILES string of the molecule is CN(C)S(=O)(=O)c1cccc(C(=O)Nc2nnc(C3CC3)s2)c1. The second-order valence-corrected chi connectivity index (χ2v) is 8.65. The van der Waals surface area contributed by atoms with Crippen molar-refractivity contribution in [1.29, 1.82) is 0 Å². The molecular weight excluding hydrogens is 336 g/mol. The lowest BCUT2D eigenvalue weighted by molar-refractivity contribution is 0.102. The van der Waals surface area contributed by atoms with E-state index in [1.54, 1.807) is 12.1 Å². The lowest BCUT2D eigenvalue weighted by Gasteiger charge is -2.12. The summed E-state index contributed by atoms with van der Waals surface area (Å²) in [6, 6.07) is 5.92. The summed E-state index contributed by atoms with van der Waals surface area (Å²) in [5.41, 5.74) is 0.260. The molecule has 1 amide bonds. The maximum atomic E-state index is 12.3. The van der Waals surface area contributed by atoms with Crippen molar-refractivity contribution in [2.24, 2.45) is 0 Å². The fraction of sp³-hybridized carbons (Fsp3) is 0.357. The Bertz CT molecular complexity index is 841. The number of rotatable bonds is 5. The van der Waals surface area contributed by atoms with Crippen LogP contribution in [0.1, 0.15) is 34.1 Å². The zero-order valence-electron chi connectivity index (χ0n) is 12.7. The molecule has 1 aromatic heterocycles. The molecule has 0 radical (unpaired) electrons. The Hall–Kier alpha value is -1.84. The Morgan fingerprint density at radius 2 is 2.04 bits per heavy atom. The number of nitrogens with zero attached hydrogens (tertiary/aromatic N) is 3. The summed E-state index contributed by atoms with van der Waals surface area (Å²) in [7, 11) is -0.682. The molecule has 1 N–H and O–H groups in total. The van der Waals surface area contributed by atoms with Crippen LogP contribution in [0.15, 0.2) is 29.2 Å². The molecule has 0 aliphatic heterocycles.